The number of nitrogens with zero attached hydrogens (tertiary/aromatic N) is 1. The number of ether oxygens (including phenoxy) is 1. The highest BCUT2D eigenvalue weighted by Gasteiger charge is 2.39. The van der Waals surface area contributed by atoms with Gasteiger partial charge in [-0.2, -0.15) is 0 Å². The first-order valence-electron chi connectivity index (χ1n) is 7.01. The molecule has 2 aliphatic rings. The summed E-state index contributed by atoms with van der Waals surface area (Å²) in [5.41, 5.74) is 0. The minimum Gasteiger partial charge on any atom is -0.377 e. The van der Waals surface area contributed by atoms with Crippen LogP contribution in [-0.2, 0) is 14.3 Å². The zero-order valence-corrected chi connectivity index (χ0v) is 11.6. The van der Waals surface area contributed by atoms with Crippen molar-refractivity contribution in [3.63, 3.8) is 0 Å². The van der Waals surface area contributed by atoms with E-state index in [1.54, 1.807) is 4.90 Å². The van der Waals surface area contributed by atoms with Crippen molar-refractivity contribution in [2.75, 3.05) is 39.4 Å². The molecule has 0 aliphatic carbocycles. The van der Waals surface area contributed by atoms with Crippen LogP contribution in [0.5, 0.6) is 0 Å². The molecule has 2 heterocycles. The van der Waals surface area contributed by atoms with Crippen molar-refractivity contribution in [2.45, 2.75) is 19.9 Å². The van der Waals surface area contributed by atoms with Crippen molar-refractivity contribution in [3.8, 4) is 0 Å². The van der Waals surface area contributed by atoms with Gasteiger partial charge in [0.2, 0.25) is 11.8 Å². The summed E-state index contributed by atoms with van der Waals surface area (Å²) in [6.45, 7) is 7.40. The van der Waals surface area contributed by atoms with Gasteiger partial charge in [-0.1, -0.05) is 6.92 Å². The van der Waals surface area contributed by atoms with Crippen LogP contribution in [0.3, 0.4) is 0 Å². The maximum absolute atomic E-state index is 12.6. The summed E-state index contributed by atoms with van der Waals surface area (Å²) in [4.78, 5) is 26.3. The maximum atomic E-state index is 12.6. The number of rotatable bonds is 3. The summed E-state index contributed by atoms with van der Waals surface area (Å²) in [6, 6.07) is -0.478. The molecule has 2 fully saturated rings. The summed E-state index contributed by atoms with van der Waals surface area (Å²) in [6.07, 6.45) is 0. The van der Waals surface area contributed by atoms with E-state index in [0.717, 1.165) is 6.54 Å². The van der Waals surface area contributed by atoms with Crippen LogP contribution in [0.2, 0.25) is 0 Å². The molecular formula is C13H23N3O3. The highest BCUT2D eigenvalue weighted by atomic mass is 16.5. The Hall–Kier alpha value is -1.14. The molecule has 2 saturated heterocycles. The predicted octanol–water partition coefficient (Wildman–Crippen LogP) is -0.795. The fourth-order valence-corrected chi connectivity index (χ4v) is 2.73. The van der Waals surface area contributed by atoms with Crippen molar-refractivity contribution in [2.24, 2.45) is 11.8 Å². The maximum Gasteiger partial charge on any atom is 0.245 e. The number of hydrogen-bond donors (Lipinski definition) is 2. The molecule has 19 heavy (non-hydrogen) atoms. The second kappa shape index (κ2) is 6.34. The minimum absolute atomic E-state index is 0.0185. The summed E-state index contributed by atoms with van der Waals surface area (Å²) >= 11 is 0. The lowest BCUT2D eigenvalue weighted by molar-refractivity contribution is -0.151. The Kier molecular flexibility index (Phi) is 4.76. The molecule has 0 spiro atoms. The van der Waals surface area contributed by atoms with Gasteiger partial charge in [0, 0.05) is 19.6 Å². The Morgan fingerprint density at radius 1 is 1.42 bits per heavy atom. The van der Waals surface area contributed by atoms with Crippen LogP contribution in [0.25, 0.3) is 0 Å². The number of carbonyl (C=O) groups is 2. The molecule has 2 aliphatic heterocycles. The van der Waals surface area contributed by atoms with E-state index in [1.807, 2.05) is 6.92 Å². The zero-order valence-electron chi connectivity index (χ0n) is 11.6. The SMILES string of the molecule is CCNC(=O)C1COCCN1C(=O)[C@@H]1CNC[C@H]1C. The van der Waals surface area contributed by atoms with Gasteiger partial charge in [-0.25, -0.2) is 0 Å². The van der Waals surface area contributed by atoms with Gasteiger partial charge >= 0.3 is 0 Å². The van der Waals surface area contributed by atoms with Crippen molar-refractivity contribution < 1.29 is 14.3 Å². The Balaban J connectivity index is 2.06. The smallest absolute Gasteiger partial charge is 0.245 e. The van der Waals surface area contributed by atoms with Gasteiger partial charge in [0.25, 0.3) is 0 Å². The molecule has 0 aromatic heterocycles. The average molecular weight is 269 g/mol. The van der Waals surface area contributed by atoms with Crippen LogP contribution < -0.4 is 10.6 Å². The minimum atomic E-state index is -0.478. The number of hydrogen-bond acceptors (Lipinski definition) is 4. The summed E-state index contributed by atoms with van der Waals surface area (Å²) in [5.74, 6) is 0.270. The van der Waals surface area contributed by atoms with Crippen molar-refractivity contribution in [1.29, 1.82) is 0 Å². The lowest BCUT2D eigenvalue weighted by Gasteiger charge is -2.36. The van der Waals surface area contributed by atoms with Gasteiger partial charge in [0.05, 0.1) is 19.1 Å². The van der Waals surface area contributed by atoms with Crippen LogP contribution >= 0.6 is 0 Å². The number of likely N-dealkylation sites (N-methyl/N-ethyl adjacent to an activating group) is 1. The van der Waals surface area contributed by atoms with E-state index in [4.69, 9.17) is 4.74 Å². The Morgan fingerprint density at radius 2 is 2.21 bits per heavy atom. The molecular weight excluding hydrogens is 246 g/mol. The van der Waals surface area contributed by atoms with Crippen molar-refractivity contribution in [3.05, 3.63) is 0 Å². The monoisotopic (exact) mass is 269 g/mol. The van der Waals surface area contributed by atoms with E-state index in [0.29, 0.717) is 38.8 Å². The predicted molar refractivity (Wildman–Crippen MR) is 70.5 cm³/mol. The third-order valence-corrected chi connectivity index (χ3v) is 3.90. The van der Waals surface area contributed by atoms with Crippen molar-refractivity contribution >= 4 is 11.8 Å². The molecule has 0 aromatic carbocycles. The first kappa shape index (κ1) is 14.3. The molecule has 0 bridgehead atoms. The van der Waals surface area contributed by atoms with E-state index < -0.39 is 6.04 Å². The normalized spacial score (nSPS) is 31.3. The Bertz CT molecular complexity index is 348. The molecule has 0 saturated carbocycles. The van der Waals surface area contributed by atoms with Gasteiger partial charge in [0.15, 0.2) is 0 Å². The van der Waals surface area contributed by atoms with Crippen LogP contribution in [0.1, 0.15) is 13.8 Å². The number of carbonyl (C=O) groups excluding carboxylic acids is 2. The molecule has 0 aromatic rings. The number of morpholine rings is 1. The number of nitrogens with one attached hydrogen (secondary N) is 2. The second-order valence-corrected chi connectivity index (χ2v) is 5.26. The van der Waals surface area contributed by atoms with Gasteiger partial charge < -0.3 is 20.3 Å². The molecule has 2 rings (SSSR count). The van der Waals surface area contributed by atoms with E-state index in [2.05, 4.69) is 17.6 Å². The molecule has 6 nitrogen and oxygen atoms in total. The van der Waals surface area contributed by atoms with E-state index in [9.17, 15) is 9.59 Å². The number of amides is 2. The van der Waals surface area contributed by atoms with Crippen molar-refractivity contribution in [1.82, 2.24) is 15.5 Å². The first-order chi connectivity index (χ1) is 9.15. The molecule has 6 heteroatoms. The lowest BCUT2D eigenvalue weighted by atomic mass is 9.95. The summed E-state index contributed by atoms with van der Waals surface area (Å²) in [5, 5.41) is 6.01. The zero-order chi connectivity index (χ0) is 13.8. The molecule has 1 unspecified atom stereocenters. The van der Waals surface area contributed by atoms with Crippen LogP contribution in [-0.4, -0.2) is 62.1 Å². The molecule has 0 radical (unpaired) electrons. The highest BCUT2D eigenvalue weighted by molar-refractivity contribution is 5.89. The van der Waals surface area contributed by atoms with Gasteiger partial charge in [0.1, 0.15) is 6.04 Å². The van der Waals surface area contributed by atoms with E-state index >= 15 is 0 Å². The lowest BCUT2D eigenvalue weighted by Crippen LogP contribution is -2.57. The first-order valence-corrected chi connectivity index (χ1v) is 7.01. The second-order valence-electron chi connectivity index (χ2n) is 5.26. The summed E-state index contributed by atoms with van der Waals surface area (Å²) < 4.78 is 5.35. The van der Waals surface area contributed by atoms with E-state index in [-0.39, 0.29) is 17.7 Å². The largest absolute Gasteiger partial charge is 0.377 e. The average Bonchev–Trinajstić information content (AvgIpc) is 2.84. The van der Waals surface area contributed by atoms with Gasteiger partial charge in [-0.05, 0) is 19.4 Å². The van der Waals surface area contributed by atoms with Crippen LogP contribution in [0.15, 0.2) is 0 Å². The van der Waals surface area contributed by atoms with Crippen LogP contribution in [0.4, 0.5) is 0 Å². The standard InChI is InChI=1S/C13H23N3O3/c1-3-15-12(17)11-8-19-5-4-16(11)13(18)10-7-14-6-9(10)2/h9-11,14H,3-8H2,1-2H3,(H,15,17)/t9-,10-,11?/m1/s1. The summed E-state index contributed by atoms with van der Waals surface area (Å²) in [7, 11) is 0. The fraction of sp³-hybridized carbons (Fsp3) is 0.846. The fourth-order valence-electron chi connectivity index (χ4n) is 2.73. The van der Waals surface area contributed by atoms with Gasteiger partial charge in [-0.15, -0.1) is 0 Å². The Labute approximate surface area is 113 Å². The third-order valence-electron chi connectivity index (χ3n) is 3.90. The quantitative estimate of drug-likeness (QED) is 0.704. The third kappa shape index (κ3) is 3.06. The Morgan fingerprint density at radius 3 is 2.84 bits per heavy atom. The topological polar surface area (TPSA) is 70.7 Å². The molecule has 2 N–H and O–H groups in total. The molecule has 3 atom stereocenters. The molecule has 108 valence electrons. The van der Waals surface area contributed by atoms with Crippen LogP contribution in [0, 0.1) is 11.8 Å². The van der Waals surface area contributed by atoms with Gasteiger partial charge in [-0.3, -0.25) is 9.59 Å². The van der Waals surface area contributed by atoms with E-state index in [1.165, 1.54) is 0 Å². The molecule has 2 amide bonds. The highest BCUT2D eigenvalue weighted by Crippen LogP contribution is 2.21.